The maximum atomic E-state index is 15.0. The molecule has 0 radical (unpaired) electrons. The van der Waals surface area contributed by atoms with Crippen LogP contribution in [0.4, 0.5) is 10.1 Å². The summed E-state index contributed by atoms with van der Waals surface area (Å²) in [5.41, 5.74) is 4.09. The second-order valence-corrected chi connectivity index (χ2v) is 9.22. The fourth-order valence-corrected chi connectivity index (χ4v) is 4.66. The van der Waals surface area contributed by atoms with Crippen LogP contribution in [-0.2, 0) is 9.59 Å². The predicted octanol–water partition coefficient (Wildman–Crippen LogP) is 5.38. The summed E-state index contributed by atoms with van der Waals surface area (Å²) in [5, 5.41) is 6.27. The van der Waals surface area contributed by atoms with E-state index < -0.39 is 11.7 Å². The van der Waals surface area contributed by atoms with Gasteiger partial charge < -0.3 is 10.6 Å². The van der Waals surface area contributed by atoms with Crippen LogP contribution in [0.2, 0.25) is 0 Å². The van der Waals surface area contributed by atoms with Gasteiger partial charge in [-0.3, -0.25) is 9.59 Å². The molecular weight excluding hydrogens is 391 g/mol. The monoisotopic (exact) mass is 418 g/mol. The quantitative estimate of drug-likeness (QED) is 0.704. The highest BCUT2D eigenvalue weighted by molar-refractivity contribution is 6.10. The third-order valence-corrected chi connectivity index (χ3v) is 6.09. The number of rotatable bonds is 3. The summed E-state index contributed by atoms with van der Waals surface area (Å²) in [7, 11) is 0. The van der Waals surface area contributed by atoms with Crippen LogP contribution in [0.5, 0.6) is 0 Å². The Balaban J connectivity index is 1.84. The summed E-state index contributed by atoms with van der Waals surface area (Å²) in [6, 6.07) is 13.9. The molecule has 31 heavy (non-hydrogen) atoms. The second kappa shape index (κ2) is 7.80. The molecule has 1 aliphatic carbocycles. The third-order valence-electron chi connectivity index (χ3n) is 6.09. The van der Waals surface area contributed by atoms with Crippen molar-refractivity contribution in [3.05, 3.63) is 88.0 Å². The summed E-state index contributed by atoms with van der Waals surface area (Å²) in [6.07, 6.45) is 1.03. The van der Waals surface area contributed by atoms with E-state index in [4.69, 9.17) is 0 Å². The summed E-state index contributed by atoms with van der Waals surface area (Å²) in [5.74, 6) is -1.55. The van der Waals surface area contributed by atoms with Gasteiger partial charge in [0.15, 0.2) is 5.78 Å². The summed E-state index contributed by atoms with van der Waals surface area (Å²) >= 11 is 0. The molecule has 2 N–H and O–H groups in total. The minimum absolute atomic E-state index is 0.0410. The molecule has 1 aliphatic heterocycles. The third kappa shape index (κ3) is 3.92. The number of nitrogens with one attached hydrogen (secondary N) is 2. The van der Waals surface area contributed by atoms with Gasteiger partial charge >= 0.3 is 0 Å². The number of anilines is 1. The second-order valence-electron chi connectivity index (χ2n) is 9.22. The van der Waals surface area contributed by atoms with Gasteiger partial charge in [-0.05, 0) is 43.4 Å². The average molecular weight is 419 g/mol. The van der Waals surface area contributed by atoms with Gasteiger partial charge in [0.1, 0.15) is 5.82 Å². The van der Waals surface area contributed by atoms with E-state index in [-0.39, 0.29) is 17.1 Å². The average Bonchev–Trinajstić information content (AvgIpc) is 2.68. The molecule has 2 aromatic carbocycles. The maximum Gasteiger partial charge on any atom is 0.254 e. The number of aryl methyl sites for hydroxylation is 1. The van der Waals surface area contributed by atoms with E-state index in [0.717, 1.165) is 11.3 Å². The number of benzene rings is 2. The van der Waals surface area contributed by atoms with Crippen LogP contribution in [0.15, 0.2) is 71.1 Å². The van der Waals surface area contributed by atoms with E-state index in [9.17, 15) is 14.0 Å². The highest BCUT2D eigenvalue weighted by Crippen LogP contribution is 2.47. The van der Waals surface area contributed by atoms with E-state index in [2.05, 4.69) is 10.6 Å². The number of halogens is 1. The minimum atomic E-state index is -0.745. The van der Waals surface area contributed by atoms with Gasteiger partial charge in [0, 0.05) is 46.1 Å². The normalized spacial score (nSPS) is 20.3. The number of Topliss-reactive ketones (excluding diaryl/α,β-unsaturated/α-hetero) is 1. The van der Waals surface area contributed by atoms with E-state index in [1.807, 2.05) is 52.0 Å². The zero-order chi connectivity index (χ0) is 22.3. The Morgan fingerprint density at radius 2 is 1.74 bits per heavy atom. The van der Waals surface area contributed by atoms with E-state index in [1.54, 1.807) is 18.2 Å². The summed E-state index contributed by atoms with van der Waals surface area (Å²) in [6.45, 7) is 7.83. The predicted molar refractivity (Wildman–Crippen MR) is 120 cm³/mol. The van der Waals surface area contributed by atoms with Crippen LogP contribution in [0.25, 0.3) is 0 Å². The number of para-hydroxylation sites is 1. The molecule has 0 fully saturated rings. The number of dihydropyridines is 1. The van der Waals surface area contributed by atoms with Crippen molar-refractivity contribution < 1.29 is 14.0 Å². The zero-order valence-electron chi connectivity index (χ0n) is 18.3. The van der Waals surface area contributed by atoms with Crippen LogP contribution in [0.3, 0.4) is 0 Å². The van der Waals surface area contributed by atoms with Crippen LogP contribution < -0.4 is 10.6 Å². The Kier molecular flexibility index (Phi) is 5.29. The summed E-state index contributed by atoms with van der Waals surface area (Å²) in [4.78, 5) is 26.7. The molecule has 1 atom stereocenters. The molecule has 0 aromatic heterocycles. The van der Waals surface area contributed by atoms with Crippen molar-refractivity contribution in [1.82, 2.24) is 5.32 Å². The van der Waals surface area contributed by atoms with Crippen LogP contribution >= 0.6 is 0 Å². The molecule has 0 bridgehead atoms. The fourth-order valence-electron chi connectivity index (χ4n) is 4.66. The molecule has 0 saturated heterocycles. The highest BCUT2D eigenvalue weighted by Gasteiger charge is 2.43. The Bertz CT molecular complexity index is 1140. The lowest BCUT2D eigenvalue weighted by atomic mass is 9.68. The van der Waals surface area contributed by atoms with Crippen molar-refractivity contribution in [2.45, 2.75) is 46.5 Å². The lowest BCUT2D eigenvalue weighted by Crippen LogP contribution is -2.39. The molecule has 0 spiro atoms. The number of carbonyl (C=O) groups excluding carboxylic acids is 2. The molecule has 160 valence electrons. The molecular formula is C26H27FN2O2. The number of amides is 1. The van der Waals surface area contributed by atoms with Gasteiger partial charge in [-0.25, -0.2) is 4.39 Å². The lowest BCUT2D eigenvalue weighted by Gasteiger charge is -2.39. The first-order valence-corrected chi connectivity index (χ1v) is 10.5. The first-order valence-electron chi connectivity index (χ1n) is 10.5. The summed E-state index contributed by atoms with van der Waals surface area (Å²) < 4.78 is 15.0. The van der Waals surface area contributed by atoms with E-state index >= 15 is 0 Å². The molecule has 5 heteroatoms. The molecule has 4 rings (SSSR count). The van der Waals surface area contributed by atoms with Crippen molar-refractivity contribution in [2.24, 2.45) is 5.41 Å². The SMILES string of the molecule is CC1=C(C(=O)Nc2ccccc2C)C(c2ccccc2F)C2=C(CC(C)(C)CC2=O)N1. The maximum absolute atomic E-state index is 15.0. The van der Waals surface area contributed by atoms with Gasteiger partial charge in [-0.1, -0.05) is 50.2 Å². The van der Waals surface area contributed by atoms with Crippen LogP contribution in [0.1, 0.15) is 50.7 Å². The van der Waals surface area contributed by atoms with Gasteiger partial charge in [0.2, 0.25) is 0 Å². The number of ketones is 1. The van der Waals surface area contributed by atoms with Crippen molar-refractivity contribution in [1.29, 1.82) is 0 Å². The first kappa shape index (κ1) is 21.0. The zero-order valence-corrected chi connectivity index (χ0v) is 18.3. The van der Waals surface area contributed by atoms with Crippen molar-refractivity contribution in [3.63, 3.8) is 0 Å². The Morgan fingerprint density at radius 1 is 1.06 bits per heavy atom. The van der Waals surface area contributed by atoms with Crippen LogP contribution in [0, 0.1) is 18.2 Å². The van der Waals surface area contributed by atoms with E-state index in [1.165, 1.54) is 6.07 Å². The van der Waals surface area contributed by atoms with Gasteiger partial charge in [-0.15, -0.1) is 0 Å². The minimum Gasteiger partial charge on any atom is -0.362 e. The number of hydrogen-bond donors (Lipinski definition) is 2. The molecule has 0 saturated carbocycles. The van der Waals surface area contributed by atoms with E-state index in [0.29, 0.717) is 40.9 Å². The number of hydrogen-bond acceptors (Lipinski definition) is 3. The standard InChI is InChI=1S/C26H27FN2O2/c1-15-9-5-8-12-19(15)29-25(31)22-16(2)28-20-13-26(3,4)14-21(30)24(20)23(22)17-10-6-7-11-18(17)27/h5-12,23,28H,13-14H2,1-4H3,(H,29,31). The smallest absolute Gasteiger partial charge is 0.254 e. The Hall–Kier alpha value is -3.21. The molecule has 1 amide bonds. The Morgan fingerprint density at radius 3 is 2.45 bits per heavy atom. The number of carbonyl (C=O) groups is 2. The lowest BCUT2D eigenvalue weighted by molar-refractivity contribution is -0.118. The van der Waals surface area contributed by atoms with Gasteiger partial charge in [0.05, 0.1) is 0 Å². The van der Waals surface area contributed by atoms with Crippen LogP contribution in [-0.4, -0.2) is 11.7 Å². The fraction of sp³-hybridized carbons (Fsp3) is 0.308. The van der Waals surface area contributed by atoms with Crippen molar-refractivity contribution in [3.8, 4) is 0 Å². The van der Waals surface area contributed by atoms with Crippen molar-refractivity contribution >= 4 is 17.4 Å². The van der Waals surface area contributed by atoms with Gasteiger partial charge in [-0.2, -0.15) is 0 Å². The van der Waals surface area contributed by atoms with Gasteiger partial charge in [0.25, 0.3) is 5.91 Å². The highest BCUT2D eigenvalue weighted by atomic mass is 19.1. The largest absolute Gasteiger partial charge is 0.362 e. The molecule has 4 nitrogen and oxygen atoms in total. The number of allylic oxidation sites excluding steroid dienone is 3. The molecule has 2 aromatic rings. The van der Waals surface area contributed by atoms with Crippen molar-refractivity contribution in [2.75, 3.05) is 5.32 Å². The molecule has 1 unspecified atom stereocenters. The molecule has 1 heterocycles. The Labute approximate surface area is 182 Å². The topological polar surface area (TPSA) is 58.2 Å². The molecule has 2 aliphatic rings. The first-order chi connectivity index (χ1) is 14.7.